The molecule has 6 nitrogen and oxygen atoms in total. The number of nitro benzene ring substituents is 1. The standard InChI is InChI=1S/C19H15Cl2N3O3/c20-17-3-1-13(11-18(17)21)15(12-22)9-14-10-16(24(25)26)2-4-19(14)23-5-7-27-8-6-23/h1-4,9-11H,5-8H2/b15-9+. The first-order valence-corrected chi connectivity index (χ1v) is 8.93. The van der Waals surface area contributed by atoms with Gasteiger partial charge < -0.3 is 9.64 Å². The Morgan fingerprint density at radius 1 is 1.19 bits per heavy atom. The first-order valence-electron chi connectivity index (χ1n) is 8.18. The Morgan fingerprint density at radius 2 is 1.93 bits per heavy atom. The summed E-state index contributed by atoms with van der Waals surface area (Å²) < 4.78 is 5.37. The van der Waals surface area contributed by atoms with Gasteiger partial charge in [-0.2, -0.15) is 5.26 Å². The summed E-state index contributed by atoms with van der Waals surface area (Å²) in [7, 11) is 0. The second-order valence-electron chi connectivity index (χ2n) is 5.90. The molecule has 0 N–H and O–H groups in total. The number of nitriles is 1. The molecule has 0 spiro atoms. The van der Waals surface area contributed by atoms with E-state index >= 15 is 0 Å². The molecule has 2 aromatic rings. The van der Waals surface area contributed by atoms with Crippen LogP contribution in [0.25, 0.3) is 11.6 Å². The van der Waals surface area contributed by atoms with Crippen molar-refractivity contribution in [3.05, 3.63) is 67.7 Å². The van der Waals surface area contributed by atoms with Crippen LogP contribution in [0.2, 0.25) is 10.0 Å². The zero-order valence-corrected chi connectivity index (χ0v) is 15.7. The van der Waals surface area contributed by atoms with Crippen molar-refractivity contribution < 1.29 is 9.66 Å². The Labute approximate surface area is 166 Å². The number of rotatable bonds is 4. The average molecular weight is 404 g/mol. The second-order valence-corrected chi connectivity index (χ2v) is 6.71. The van der Waals surface area contributed by atoms with Crippen molar-refractivity contribution in [3.63, 3.8) is 0 Å². The molecule has 138 valence electrons. The molecule has 0 radical (unpaired) electrons. The average Bonchev–Trinajstić information content (AvgIpc) is 2.68. The molecule has 0 bridgehead atoms. The Morgan fingerprint density at radius 3 is 2.56 bits per heavy atom. The first-order chi connectivity index (χ1) is 13.0. The smallest absolute Gasteiger partial charge is 0.270 e. The van der Waals surface area contributed by atoms with Crippen LogP contribution < -0.4 is 4.90 Å². The molecule has 27 heavy (non-hydrogen) atoms. The highest BCUT2D eigenvalue weighted by molar-refractivity contribution is 6.42. The molecular formula is C19H15Cl2N3O3. The highest BCUT2D eigenvalue weighted by atomic mass is 35.5. The Hall–Kier alpha value is -2.59. The molecule has 1 saturated heterocycles. The van der Waals surface area contributed by atoms with Gasteiger partial charge in [-0.3, -0.25) is 10.1 Å². The zero-order chi connectivity index (χ0) is 19.4. The highest BCUT2D eigenvalue weighted by Gasteiger charge is 2.18. The summed E-state index contributed by atoms with van der Waals surface area (Å²) in [5.41, 5.74) is 2.30. The Kier molecular flexibility index (Phi) is 5.97. The predicted molar refractivity (Wildman–Crippen MR) is 106 cm³/mol. The number of anilines is 1. The SMILES string of the molecule is N#C/C(=C\c1cc([N+](=O)[O-])ccc1N1CCOCC1)c1ccc(Cl)c(Cl)c1. The van der Waals surface area contributed by atoms with Crippen molar-refractivity contribution in [2.75, 3.05) is 31.2 Å². The van der Waals surface area contributed by atoms with Gasteiger partial charge in [-0.1, -0.05) is 29.3 Å². The second kappa shape index (κ2) is 8.40. The third-order valence-electron chi connectivity index (χ3n) is 4.22. The minimum Gasteiger partial charge on any atom is -0.378 e. The lowest BCUT2D eigenvalue weighted by Gasteiger charge is -2.30. The first kappa shape index (κ1) is 19.2. The molecule has 0 unspecified atom stereocenters. The van der Waals surface area contributed by atoms with Gasteiger partial charge in [0.05, 0.1) is 39.8 Å². The maximum absolute atomic E-state index is 11.2. The number of hydrogen-bond donors (Lipinski definition) is 0. The van der Waals surface area contributed by atoms with Gasteiger partial charge in [0.15, 0.2) is 0 Å². The number of hydrogen-bond acceptors (Lipinski definition) is 5. The molecule has 8 heteroatoms. The van der Waals surface area contributed by atoms with Gasteiger partial charge >= 0.3 is 0 Å². The monoisotopic (exact) mass is 403 g/mol. The maximum Gasteiger partial charge on any atom is 0.270 e. The summed E-state index contributed by atoms with van der Waals surface area (Å²) >= 11 is 12.0. The summed E-state index contributed by atoms with van der Waals surface area (Å²) in [5, 5.41) is 21.5. The molecule has 1 heterocycles. The van der Waals surface area contributed by atoms with Crippen molar-refractivity contribution in [2.45, 2.75) is 0 Å². The molecule has 0 aliphatic carbocycles. The maximum atomic E-state index is 11.2. The van der Waals surface area contributed by atoms with E-state index in [9.17, 15) is 15.4 Å². The van der Waals surface area contributed by atoms with Gasteiger partial charge in [0.25, 0.3) is 5.69 Å². The normalized spacial score (nSPS) is 14.7. The molecule has 1 aliphatic rings. The van der Waals surface area contributed by atoms with Gasteiger partial charge in [0.2, 0.25) is 0 Å². The quantitative estimate of drug-likeness (QED) is 0.317. The van der Waals surface area contributed by atoms with Crippen molar-refractivity contribution in [1.82, 2.24) is 0 Å². The molecular weight excluding hydrogens is 389 g/mol. The van der Waals surface area contributed by atoms with Crippen LogP contribution in [0.5, 0.6) is 0 Å². The van der Waals surface area contributed by atoms with Crippen LogP contribution in [0.3, 0.4) is 0 Å². The zero-order valence-electron chi connectivity index (χ0n) is 14.2. The van der Waals surface area contributed by atoms with E-state index in [0.29, 0.717) is 53.0 Å². The van der Waals surface area contributed by atoms with Gasteiger partial charge in [-0.05, 0) is 29.8 Å². The fraction of sp³-hybridized carbons (Fsp3) is 0.211. The molecule has 0 aromatic heterocycles. The van der Waals surface area contributed by atoms with Crippen molar-refractivity contribution in [3.8, 4) is 6.07 Å². The van der Waals surface area contributed by atoms with Gasteiger partial charge in [0.1, 0.15) is 0 Å². The van der Waals surface area contributed by atoms with Crippen molar-refractivity contribution in [2.24, 2.45) is 0 Å². The predicted octanol–water partition coefficient (Wildman–Crippen LogP) is 4.80. The van der Waals surface area contributed by atoms with E-state index in [-0.39, 0.29) is 5.69 Å². The van der Waals surface area contributed by atoms with Crippen LogP contribution in [-0.2, 0) is 4.74 Å². The van der Waals surface area contributed by atoms with Crippen LogP contribution >= 0.6 is 23.2 Å². The van der Waals surface area contributed by atoms with Crippen molar-refractivity contribution in [1.29, 1.82) is 5.26 Å². The summed E-state index contributed by atoms with van der Waals surface area (Å²) in [4.78, 5) is 12.8. The number of halogens is 2. The number of benzene rings is 2. The number of morpholine rings is 1. The Balaban J connectivity index is 2.09. The van der Waals surface area contributed by atoms with Crippen LogP contribution in [0.1, 0.15) is 11.1 Å². The van der Waals surface area contributed by atoms with Gasteiger partial charge in [-0.15, -0.1) is 0 Å². The number of ether oxygens (including phenoxy) is 1. The molecule has 1 fully saturated rings. The number of nitrogens with zero attached hydrogens (tertiary/aromatic N) is 3. The van der Waals surface area contributed by atoms with E-state index in [1.54, 1.807) is 30.3 Å². The summed E-state index contributed by atoms with van der Waals surface area (Å²) in [5.74, 6) is 0. The molecule has 0 amide bonds. The van der Waals surface area contributed by atoms with Crippen LogP contribution in [0.15, 0.2) is 36.4 Å². The van der Waals surface area contributed by atoms with Crippen LogP contribution in [-0.4, -0.2) is 31.2 Å². The molecule has 1 aliphatic heterocycles. The molecule has 0 atom stereocenters. The van der Waals surface area contributed by atoms with E-state index in [1.165, 1.54) is 12.1 Å². The van der Waals surface area contributed by atoms with Gasteiger partial charge in [0, 0.05) is 36.5 Å². The Bertz CT molecular complexity index is 948. The van der Waals surface area contributed by atoms with E-state index in [0.717, 1.165) is 5.69 Å². The van der Waals surface area contributed by atoms with Crippen LogP contribution in [0, 0.1) is 21.4 Å². The fourth-order valence-electron chi connectivity index (χ4n) is 2.86. The molecule has 0 saturated carbocycles. The third-order valence-corrected chi connectivity index (χ3v) is 4.96. The highest BCUT2D eigenvalue weighted by Crippen LogP contribution is 2.31. The fourth-order valence-corrected chi connectivity index (χ4v) is 3.16. The summed E-state index contributed by atoms with van der Waals surface area (Å²) in [6.07, 6.45) is 1.64. The number of allylic oxidation sites excluding steroid dienone is 1. The van der Waals surface area contributed by atoms with E-state index < -0.39 is 4.92 Å². The molecule has 3 rings (SSSR count). The van der Waals surface area contributed by atoms with Crippen LogP contribution in [0.4, 0.5) is 11.4 Å². The third kappa shape index (κ3) is 4.40. The number of nitro groups is 1. The lowest BCUT2D eigenvalue weighted by molar-refractivity contribution is -0.384. The van der Waals surface area contributed by atoms with E-state index in [2.05, 4.69) is 11.0 Å². The largest absolute Gasteiger partial charge is 0.378 e. The summed E-state index contributed by atoms with van der Waals surface area (Å²) in [6, 6.07) is 11.7. The van der Waals surface area contributed by atoms with Gasteiger partial charge in [-0.25, -0.2) is 0 Å². The topological polar surface area (TPSA) is 79.4 Å². The number of non-ortho nitro benzene ring substituents is 1. The molecule has 2 aromatic carbocycles. The minimum absolute atomic E-state index is 0.0373. The van der Waals surface area contributed by atoms with E-state index in [1.807, 2.05) is 0 Å². The summed E-state index contributed by atoms with van der Waals surface area (Å²) in [6.45, 7) is 2.51. The van der Waals surface area contributed by atoms with E-state index in [4.69, 9.17) is 27.9 Å². The lowest BCUT2D eigenvalue weighted by Crippen LogP contribution is -2.36. The van der Waals surface area contributed by atoms with Crippen molar-refractivity contribution >= 4 is 46.2 Å². The minimum atomic E-state index is -0.453. The lowest BCUT2D eigenvalue weighted by atomic mass is 10.0.